The van der Waals surface area contributed by atoms with Crippen LogP contribution in [0.3, 0.4) is 0 Å². The molecule has 0 aliphatic carbocycles. The Hall–Kier alpha value is -1.39. The molecule has 2 fully saturated rings. The van der Waals surface area contributed by atoms with Crippen molar-refractivity contribution >= 4 is 35.8 Å². The first-order chi connectivity index (χ1) is 13.7. The Morgan fingerprint density at radius 1 is 1.21 bits per heavy atom. The molecular weight excluding hydrogens is 483 g/mol. The minimum Gasteiger partial charge on any atom is -0.377 e. The van der Waals surface area contributed by atoms with E-state index in [2.05, 4.69) is 27.3 Å². The highest BCUT2D eigenvalue weighted by atomic mass is 127. The number of benzene rings is 1. The number of nitrogens with zero attached hydrogens (tertiary/aromatic N) is 3. The van der Waals surface area contributed by atoms with Crippen LogP contribution in [-0.2, 0) is 27.4 Å². The van der Waals surface area contributed by atoms with Gasteiger partial charge in [-0.3, -0.25) is 9.79 Å². The Balaban J connectivity index is 0.00000300. The van der Waals surface area contributed by atoms with E-state index >= 15 is 0 Å². The predicted molar refractivity (Wildman–Crippen MR) is 125 cm³/mol. The Morgan fingerprint density at radius 3 is 2.52 bits per heavy atom. The topological polar surface area (TPSA) is 66.4 Å². The monoisotopic (exact) mass is 516 g/mol. The van der Waals surface area contributed by atoms with E-state index in [0.29, 0.717) is 39.5 Å². The summed E-state index contributed by atoms with van der Waals surface area (Å²) in [6.45, 7) is 7.71. The molecule has 162 valence electrons. The standard InChI is InChI=1S/C21H32N4O3.HI/c1-3-27-16-18-8-5-4-7-17(18)15-23-21(22-2)25-12-10-24(11-13-25)20(26)19-9-6-14-28-19;/h4-5,7-8,19H,3,6,9-16H2,1-2H3,(H,22,23);1H. The van der Waals surface area contributed by atoms with Crippen LogP contribution in [0.4, 0.5) is 0 Å². The van der Waals surface area contributed by atoms with E-state index in [9.17, 15) is 4.79 Å². The molecular formula is C21H33IN4O3. The van der Waals surface area contributed by atoms with Crippen LogP contribution in [0.1, 0.15) is 30.9 Å². The molecule has 0 radical (unpaired) electrons. The van der Waals surface area contributed by atoms with Gasteiger partial charge in [0.25, 0.3) is 5.91 Å². The molecule has 2 heterocycles. The van der Waals surface area contributed by atoms with Crippen LogP contribution in [0.2, 0.25) is 0 Å². The fourth-order valence-electron chi connectivity index (χ4n) is 3.70. The number of hydrogen-bond donors (Lipinski definition) is 1. The molecule has 7 nitrogen and oxygen atoms in total. The van der Waals surface area contributed by atoms with Gasteiger partial charge in [0.1, 0.15) is 6.10 Å². The lowest BCUT2D eigenvalue weighted by Crippen LogP contribution is -2.55. The van der Waals surface area contributed by atoms with Crippen molar-refractivity contribution in [2.45, 2.75) is 39.0 Å². The highest BCUT2D eigenvalue weighted by Gasteiger charge is 2.30. The van der Waals surface area contributed by atoms with Gasteiger partial charge in [-0.1, -0.05) is 24.3 Å². The minimum atomic E-state index is -0.231. The van der Waals surface area contributed by atoms with Crippen molar-refractivity contribution in [3.05, 3.63) is 35.4 Å². The third kappa shape index (κ3) is 6.55. The van der Waals surface area contributed by atoms with Crippen molar-refractivity contribution in [2.75, 3.05) is 46.4 Å². The average Bonchev–Trinajstić information content (AvgIpc) is 3.28. The van der Waals surface area contributed by atoms with Gasteiger partial charge < -0.3 is 24.6 Å². The van der Waals surface area contributed by atoms with Gasteiger partial charge in [0.05, 0.1) is 6.61 Å². The molecule has 1 N–H and O–H groups in total. The summed E-state index contributed by atoms with van der Waals surface area (Å²) in [7, 11) is 1.80. The second-order valence-corrected chi connectivity index (χ2v) is 7.12. The van der Waals surface area contributed by atoms with E-state index < -0.39 is 0 Å². The predicted octanol–water partition coefficient (Wildman–Crippen LogP) is 2.24. The van der Waals surface area contributed by atoms with Gasteiger partial charge in [-0.05, 0) is 30.9 Å². The molecule has 1 aromatic carbocycles. The molecule has 8 heteroatoms. The number of amides is 1. The van der Waals surface area contributed by atoms with Crippen molar-refractivity contribution in [3.8, 4) is 0 Å². The number of hydrogen-bond acceptors (Lipinski definition) is 4. The number of guanidine groups is 1. The van der Waals surface area contributed by atoms with E-state index in [1.165, 1.54) is 11.1 Å². The second-order valence-electron chi connectivity index (χ2n) is 7.12. The number of rotatable bonds is 6. The molecule has 2 aliphatic heterocycles. The van der Waals surface area contributed by atoms with Gasteiger partial charge in [-0.2, -0.15) is 0 Å². The molecule has 1 unspecified atom stereocenters. The van der Waals surface area contributed by atoms with E-state index in [1.54, 1.807) is 7.05 Å². The Morgan fingerprint density at radius 2 is 1.90 bits per heavy atom. The summed E-state index contributed by atoms with van der Waals surface area (Å²) >= 11 is 0. The quantitative estimate of drug-likeness (QED) is 0.357. The SMILES string of the molecule is CCOCc1ccccc1CNC(=NC)N1CCN(C(=O)C2CCCO2)CC1.I. The third-order valence-corrected chi connectivity index (χ3v) is 5.32. The van der Waals surface area contributed by atoms with Crippen molar-refractivity contribution in [2.24, 2.45) is 4.99 Å². The van der Waals surface area contributed by atoms with Crippen LogP contribution in [0.5, 0.6) is 0 Å². The van der Waals surface area contributed by atoms with E-state index in [1.807, 2.05) is 24.0 Å². The molecule has 2 aliphatic rings. The normalized spacial score (nSPS) is 19.8. The van der Waals surface area contributed by atoms with Gasteiger partial charge in [0.2, 0.25) is 0 Å². The van der Waals surface area contributed by atoms with Crippen molar-refractivity contribution in [1.82, 2.24) is 15.1 Å². The van der Waals surface area contributed by atoms with Crippen molar-refractivity contribution in [1.29, 1.82) is 0 Å². The summed E-state index contributed by atoms with van der Waals surface area (Å²) in [5.41, 5.74) is 2.41. The second kappa shape index (κ2) is 12.3. The van der Waals surface area contributed by atoms with Gasteiger partial charge in [0, 0.05) is 53.0 Å². The molecule has 0 saturated carbocycles. The van der Waals surface area contributed by atoms with Crippen LogP contribution in [0, 0.1) is 0 Å². The maximum Gasteiger partial charge on any atom is 0.251 e. The highest BCUT2D eigenvalue weighted by molar-refractivity contribution is 14.0. The average molecular weight is 516 g/mol. The van der Waals surface area contributed by atoms with Crippen LogP contribution in [0.25, 0.3) is 0 Å². The molecule has 0 spiro atoms. The fraction of sp³-hybridized carbons (Fsp3) is 0.619. The molecule has 1 atom stereocenters. The van der Waals surface area contributed by atoms with E-state index in [0.717, 1.165) is 31.9 Å². The maximum absolute atomic E-state index is 12.5. The van der Waals surface area contributed by atoms with Crippen molar-refractivity contribution < 1.29 is 14.3 Å². The molecule has 0 bridgehead atoms. The third-order valence-electron chi connectivity index (χ3n) is 5.32. The summed E-state index contributed by atoms with van der Waals surface area (Å²) in [6, 6.07) is 8.30. The smallest absolute Gasteiger partial charge is 0.251 e. The number of nitrogens with one attached hydrogen (secondary N) is 1. The molecule has 0 aromatic heterocycles. The highest BCUT2D eigenvalue weighted by Crippen LogP contribution is 2.16. The summed E-state index contributed by atoms with van der Waals surface area (Å²) in [5, 5.41) is 3.46. The first-order valence-electron chi connectivity index (χ1n) is 10.2. The van der Waals surface area contributed by atoms with Crippen LogP contribution in [0.15, 0.2) is 29.3 Å². The van der Waals surface area contributed by atoms with E-state index in [4.69, 9.17) is 9.47 Å². The van der Waals surface area contributed by atoms with Crippen molar-refractivity contribution in [3.63, 3.8) is 0 Å². The number of ether oxygens (including phenoxy) is 2. The summed E-state index contributed by atoms with van der Waals surface area (Å²) in [5.74, 6) is 1.01. The van der Waals surface area contributed by atoms with Crippen LogP contribution >= 0.6 is 24.0 Å². The number of halogens is 1. The summed E-state index contributed by atoms with van der Waals surface area (Å²) in [6.07, 6.45) is 1.60. The lowest BCUT2D eigenvalue weighted by molar-refractivity contribution is -0.142. The van der Waals surface area contributed by atoms with Crippen LogP contribution in [-0.4, -0.2) is 74.2 Å². The first-order valence-corrected chi connectivity index (χ1v) is 10.2. The summed E-state index contributed by atoms with van der Waals surface area (Å²) < 4.78 is 11.1. The van der Waals surface area contributed by atoms with Gasteiger partial charge >= 0.3 is 0 Å². The first kappa shape index (κ1) is 23.9. The number of carbonyl (C=O) groups is 1. The molecule has 2 saturated heterocycles. The largest absolute Gasteiger partial charge is 0.377 e. The Kier molecular flexibility index (Phi) is 10.2. The van der Waals surface area contributed by atoms with Gasteiger partial charge in [-0.15, -0.1) is 24.0 Å². The number of piperazine rings is 1. The molecule has 1 aromatic rings. The number of aliphatic imine (C=N–C) groups is 1. The maximum atomic E-state index is 12.5. The Labute approximate surface area is 190 Å². The zero-order valence-electron chi connectivity index (χ0n) is 17.4. The summed E-state index contributed by atoms with van der Waals surface area (Å²) in [4.78, 5) is 21.1. The molecule has 29 heavy (non-hydrogen) atoms. The fourth-order valence-corrected chi connectivity index (χ4v) is 3.70. The zero-order chi connectivity index (χ0) is 19.8. The Bertz CT molecular complexity index is 672. The number of carbonyl (C=O) groups excluding carboxylic acids is 1. The van der Waals surface area contributed by atoms with Crippen LogP contribution < -0.4 is 5.32 Å². The molecule has 1 amide bonds. The minimum absolute atomic E-state index is 0. The lowest BCUT2D eigenvalue weighted by Gasteiger charge is -2.37. The lowest BCUT2D eigenvalue weighted by atomic mass is 10.1. The molecule has 3 rings (SSSR count). The van der Waals surface area contributed by atoms with Gasteiger partial charge in [0.15, 0.2) is 5.96 Å². The van der Waals surface area contributed by atoms with E-state index in [-0.39, 0.29) is 36.0 Å². The zero-order valence-corrected chi connectivity index (χ0v) is 19.8. The van der Waals surface area contributed by atoms with Gasteiger partial charge in [-0.25, -0.2) is 0 Å².